The molecule has 0 radical (unpaired) electrons. The monoisotopic (exact) mass is 403 g/mol. The summed E-state index contributed by atoms with van der Waals surface area (Å²) in [5, 5.41) is 3.29. The van der Waals surface area contributed by atoms with Crippen LogP contribution >= 0.6 is 11.8 Å². The number of carbonyl (C=O) groups excluding carboxylic acids is 2. The first kappa shape index (κ1) is 21.7. The summed E-state index contributed by atoms with van der Waals surface area (Å²) >= 11 is 1.19. The molecule has 0 aliphatic rings. The third kappa shape index (κ3) is 7.19. The smallest absolute Gasteiger partial charge is 0.317 e. The van der Waals surface area contributed by atoms with Crippen LogP contribution < -0.4 is 10.1 Å². The van der Waals surface area contributed by atoms with Crippen molar-refractivity contribution in [2.75, 3.05) is 19.4 Å². The minimum absolute atomic E-state index is 0.0480. The van der Waals surface area contributed by atoms with E-state index in [9.17, 15) is 9.59 Å². The zero-order valence-electron chi connectivity index (χ0n) is 16.5. The van der Waals surface area contributed by atoms with Crippen LogP contribution in [0.3, 0.4) is 0 Å². The molecule has 0 spiro atoms. The van der Waals surface area contributed by atoms with E-state index in [2.05, 4.69) is 15.3 Å². The Kier molecular flexibility index (Phi) is 8.25. The molecule has 0 saturated carbocycles. The summed E-state index contributed by atoms with van der Waals surface area (Å²) < 4.78 is 10.3. The van der Waals surface area contributed by atoms with Gasteiger partial charge in [-0.2, -0.15) is 0 Å². The lowest BCUT2D eigenvalue weighted by Gasteiger charge is -2.13. The first-order valence-electron chi connectivity index (χ1n) is 8.92. The van der Waals surface area contributed by atoms with Gasteiger partial charge in [0.15, 0.2) is 11.3 Å². The maximum Gasteiger partial charge on any atom is 0.317 e. The summed E-state index contributed by atoms with van der Waals surface area (Å²) in [5.41, 5.74) is 2.76. The number of rotatable bonds is 9. The fourth-order valence-electron chi connectivity index (χ4n) is 2.43. The minimum Gasteiger partial charge on any atom is -0.497 e. The molecule has 0 saturated heterocycles. The molecule has 1 unspecified atom stereocenters. The summed E-state index contributed by atoms with van der Waals surface area (Å²) in [7, 11) is 1.62. The van der Waals surface area contributed by atoms with Crippen molar-refractivity contribution in [2.24, 2.45) is 0 Å². The van der Waals surface area contributed by atoms with E-state index in [-0.39, 0.29) is 11.7 Å². The standard InChI is InChI=1S/C20H25N3O4S/c1-13-11-14(2)23-20(22-13)28-12-18(24)27-15(3)19(25)21-10-9-16-5-7-17(26-4)8-6-16/h5-8,11,15H,9-10,12H2,1-4H3,(H,21,25). The third-order valence-electron chi connectivity index (χ3n) is 3.83. The number of methoxy groups -OCH3 is 1. The summed E-state index contributed by atoms with van der Waals surface area (Å²) in [6.45, 7) is 5.75. The summed E-state index contributed by atoms with van der Waals surface area (Å²) in [5.74, 6) is 0.0318. The highest BCUT2D eigenvalue weighted by molar-refractivity contribution is 7.99. The van der Waals surface area contributed by atoms with Crippen LogP contribution in [0.1, 0.15) is 23.9 Å². The normalized spacial score (nSPS) is 11.6. The van der Waals surface area contributed by atoms with Gasteiger partial charge in [0.2, 0.25) is 0 Å². The predicted molar refractivity (Wildman–Crippen MR) is 107 cm³/mol. The van der Waals surface area contributed by atoms with Crippen molar-refractivity contribution in [2.45, 2.75) is 38.5 Å². The van der Waals surface area contributed by atoms with Gasteiger partial charge in [-0.25, -0.2) is 9.97 Å². The molecule has 8 heteroatoms. The predicted octanol–water partition coefficient (Wildman–Crippen LogP) is 2.48. The number of nitrogens with one attached hydrogen (secondary N) is 1. The number of nitrogens with zero attached hydrogens (tertiary/aromatic N) is 2. The zero-order valence-corrected chi connectivity index (χ0v) is 17.3. The lowest BCUT2D eigenvalue weighted by atomic mass is 10.1. The average molecular weight is 404 g/mol. The molecular weight excluding hydrogens is 378 g/mol. The molecule has 1 aromatic heterocycles. The van der Waals surface area contributed by atoms with E-state index < -0.39 is 12.1 Å². The summed E-state index contributed by atoms with van der Waals surface area (Å²) in [4.78, 5) is 32.6. The van der Waals surface area contributed by atoms with E-state index in [4.69, 9.17) is 9.47 Å². The van der Waals surface area contributed by atoms with Crippen LogP contribution in [0.4, 0.5) is 0 Å². The molecule has 28 heavy (non-hydrogen) atoms. The first-order chi connectivity index (χ1) is 13.4. The second kappa shape index (κ2) is 10.7. The van der Waals surface area contributed by atoms with Gasteiger partial charge in [0.25, 0.3) is 5.91 Å². The summed E-state index contributed by atoms with van der Waals surface area (Å²) in [6, 6.07) is 9.50. The molecule has 2 rings (SSSR count). The van der Waals surface area contributed by atoms with E-state index in [1.165, 1.54) is 11.8 Å². The van der Waals surface area contributed by atoms with E-state index >= 15 is 0 Å². The van der Waals surface area contributed by atoms with E-state index in [1.807, 2.05) is 44.2 Å². The minimum atomic E-state index is -0.857. The van der Waals surface area contributed by atoms with Crippen LogP contribution in [0.25, 0.3) is 0 Å². The highest BCUT2D eigenvalue weighted by Crippen LogP contribution is 2.15. The quantitative estimate of drug-likeness (QED) is 0.391. The van der Waals surface area contributed by atoms with Gasteiger partial charge < -0.3 is 14.8 Å². The Morgan fingerprint density at radius 3 is 2.39 bits per heavy atom. The number of benzene rings is 1. The molecule has 1 aromatic carbocycles. The lowest BCUT2D eigenvalue weighted by molar-refractivity contribution is -0.152. The number of esters is 1. The van der Waals surface area contributed by atoms with Crippen molar-refractivity contribution in [3.05, 3.63) is 47.3 Å². The molecule has 0 aliphatic carbocycles. The highest BCUT2D eigenvalue weighted by atomic mass is 32.2. The molecule has 7 nitrogen and oxygen atoms in total. The van der Waals surface area contributed by atoms with Gasteiger partial charge in [0.05, 0.1) is 12.9 Å². The fourth-order valence-corrected chi connectivity index (χ4v) is 3.16. The van der Waals surface area contributed by atoms with Gasteiger partial charge in [-0.05, 0) is 51.0 Å². The number of ether oxygens (including phenoxy) is 2. The largest absolute Gasteiger partial charge is 0.497 e. The van der Waals surface area contributed by atoms with Crippen molar-refractivity contribution in [3.8, 4) is 5.75 Å². The van der Waals surface area contributed by atoms with Crippen molar-refractivity contribution < 1.29 is 19.1 Å². The van der Waals surface area contributed by atoms with Crippen molar-refractivity contribution in [1.29, 1.82) is 0 Å². The number of aryl methyl sites for hydroxylation is 2. The molecule has 2 aromatic rings. The Morgan fingerprint density at radius 2 is 1.79 bits per heavy atom. The van der Waals surface area contributed by atoms with Gasteiger partial charge in [0, 0.05) is 17.9 Å². The van der Waals surface area contributed by atoms with Crippen molar-refractivity contribution in [1.82, 2.24) is 15.3 Å². The molecule has 1 heterocycles. The maximum atomic E-state index is 12.1. The van der Waals surface area contributed by atoms with E-state index in [0.717, 1.165) is 22.7 Å². The fraction of sp³-hybridized carbons (Fsp3) is 0.400. The molecule has 1 N–H and O–H groups in total. The Morgan fingerprint density at radius 1 is 1.14 bits per heavy atom. The molecule has 0 aliphatic heterocycles. The zero-order chi connectivity index (χ0) is 20.5. The van der Waals surface area contributed by atoms with Crippen LogP contribution in [0.2, 0.25) is 0 Å². The van der Waals surface area contributed by atoms with Crippen molar-refractivity contribution in [3.63, 3.8) is 0 Å². The second-order valence-corrected chi connectivity index (χ2v) is 7.19. The number of thioether (sulfide) groups is 1. The average Bonchev–Trinajstić information content (AvgIpc) is 2.66. The van der Waals surface area contributed by atoms with Crippen LogP contribution in [-0.4, -0.2) is 47.4 Å². The van der Waals surface area contributed by atoms with Crippen LogP contribution in [0.5, 0.6) is 5.75 Å². The topological polar surface area (TPSA) is 90.4 Å². The van der Waals surface area contributed by atoms with Gasteiger partial charge in [-0.3, -0.25) is 9.59 Å². The highest BCUT2D eigenvalue weighted by Gasteiger charge is 2.18. The van der Waals surface area contributed by atoms with Gasteiger partial charge in [0.1, 0.15) is 5.75 Å². The number of aromatic nitrogens is 2. The first-order valence-corrected chi connectivity index (χ1v) is 9.91. The SMILES string of the molecule is COc1ccc(CCNC(=O)C(C)OC(=O)CSc2nc(C)cc(C)n2)cc1. The molecule has 1 atom stereocenters. The number of hydrogen-bond donors (Lipinski definition) is 1. The van der Waals surface area contributed by atoms with E-state index in [0.29, 0.717) is 18.1 Å². The van der Waals surface area contributed by atoms with Crippen LogP contribution in [0, 0.1) is 13.8 Å². The van der Waals surface area contributed by atoms with Crippen molar-refractivity contribution >= 4 is 23.6 Å². The Hall–Kier alpha value is -2.61. The second-order valence-electron chi connectivity index (χ2n) is 6.24. The third-order valence-corrected chi connectivity index (χ3v) is 4.65. The number of carbonyl (C=O) groups is 2. The molecule has 0 bridgehead atoms. The number of hydrogen-bond acceptors (Lipinski definition) is 7. The Balaban J connectivity index is 1.70. The molecule has 150 valence electrons. The van der Waals surface area contributed by atoms with Crippen LogP contribution in [0.15, 0.2) is 35.5 Å². The number of amides is 1. The molecule has 0 fully saturated rings. The summed E-state index contributed by atoms with van der Waals surface area (Å²) in [6.07, 6.45) is -0.180. The Labute approximate surface area is 169 Å². The molecule has 1 amide bonds. The maximum absolute atomic E-state index is 12.1. The lowest BCUT2D eigenvalue weighted by Crippen LogP contribution is -2.37. The van der Waals surface area contributed by atoms with Gasteiger partial charge >= 0.3 is 5.97 Å². The van der Waals surface area contributed by atoms with Crippen LogP contribution in [-0.2, 0) is 20.7 Å². The van der Waals surface area contributed by atoms with E-state index in [1.54, 1.807) is 14.0 Å². The Bertz CT molecular complexity index is 791. The van der Waals surface area contributed by atoms with Gasteiger partial charge in [-0.15, -0.1) is 0 Å². The van der Waals surface area contributed by atoms with Gasteiger partial charge in [-0.1, -0.05) is 23.9 Å². The molecular formula is C20H25N3O4S.